The summed E-state index contributed by atoms with van der Waals surface area (Å²) in [6.45, 7) is 0. The Balaban J connectivity index is 1.90. The Morgan fingerprint density at radius 3 is 2.10 bits per heavy atom. The molecule has 0 radical (unpaired) electrons. The first-order valence-electron chi connectivity index (χ1n) is 9.58. The van der Waals surface area contributed by atoms with Gasteiger partial charge in [0.05, 0.1) is 29.7 Å². The second-order valence-corrected chi connectivity index (χ2v) is 6.63. The number of esters is 1. The highest BCUT2D eigenvalue weighted by Gasteiger charge is 2.15. The number of benzene rings is 3. The van der Waals surface area contributed by atoms with Gasteiger partial charge in [0.2, 0.25) is 0 Å². The van der Waals surface area contributed by atoms with Crippen molar-refractivity contribution < 1.29 is 9.53 Å². The van der Waals surface area contributed by atoms with Crippen molar-refractivity contribution in [3.05, 3.63) is 90.6 Å². The van der Waals surface area contributed by atoms with Crippen LogP contribution in [0.5, 0.6) is 0 Å². The fourth-order valence-electron chi connectivity index (χ4n) is 3.18. The molecular weight excluding hydrogens is 388 g/mol. The predicted molar refractivity (Wildman–Crippen MR) is 120 cm³/mol. The van der Waals surface area contributed by atoms with E-state index >= 15 is 0 Å². The number of carbonyl (C=O) groups excluding carboxylic acids is 1. The Hall–Kier alpha value is -4.50. The SMILES string of the molecule is COC(=O)/C(C#N)=C/Nc1cccc2nc(-c3ccccc3)c(-c3ccccc3)nc12. The highest BCUT2D eigenvalue weighted by Crippen LogP contribution is 2.32. The van der Waals surface area contributed by atoms with Gasteiger partial charge in [-0.15, -0.1) is 0 Å². The van der Waals surface area contributed by atoms with Crippen molar-refractivity contribution in [2.75, 3.05) is 12.4 Å². The van der Waals surface area contributed by atoms with E-state index in [4.69, 9.17) is 9.97 Å². The average Bonchev–Trinajstić information content (AvgIpc) is 2.84. The zero-order valence-electron chi connectivity index (χ0n) is 16.7. The van der Waals surface area contributed by atoms with E-state index < -0.39 is 5.97 Å². The van der Waals surface area contributed by atoms with Crippen LogP contribution in [0.3, 0.4) is 0 Å². The number of para-hydroxylation sites is 1. The van der Waals surface area contributed by atoms with Crippen molar-refractivity contribution in [2.24, 2.45) is 0 Å². The van der Waals surface area contributed by atoms with Crippen LogP contribution in [0, 0.1) is 11.3 Å². The number of nitriles is 1. The van der Waals surface area contributed by atoms with Crippen LogP contribution in [0.15, 0.2) is 90.6 Å². The molecule has 0 saturated carbocycles. The first kappa shape index (κ1) is 19.8. The van der Waals surface area contributed by atoms with Gasteiger partial charge in [0.1, 0.15) is 11.6 Å². The molecule has 0 saturated heterocycles. The smallest absolute Gasteiger partial charge is 0.350 e. The molecule has 0 aliphatic heterocycles. The van der Waals surface area contributed by atoms with Gasteiger partial charge in [0, 0.05) is 17.3 Å². The summed E-state index contributed by atoms with van der Waals surface area (Å²) in [6, 6.07) is 27.1. The summed E-state index contributed by atoms with van der Waals surface area (Å²) in [4.78, 5) is 21.5. The number of ether oxygens (including phenoxy) is 1. The fourth-order valence-corrected chi connectivity index (χ4v) is 3.18. The van der Waals surface area contributed by atoms with Crippen LogP contribution < -0.4 is 5.32 Å². The maximum Gasteiger partial charge on any atom is 0.350 e. The zero-order chi connectivity index (χ0) is 21.6. The monoisotopic (exact) mass is 406 g/mol. The fraction of sp³-hybridized carbons (Fsp3) is 0.0400. The van der Waals surface area contributed by atoms with Gasteiger partial charge in [-0.3, -0.25) is 0 Å². The van der Waals surface area contributed by atoms with E-state index in [0.29, 0.717) is 16.7 Å². The molecule has 0 fully saturated rings. The van der Waals surface area contributed by atoms with E-state index in [2.05, 4.69) is 10.1 Å². The molecule has 3 aromatic carbocycles. The zero-order valence-corrected chi connectivity index (χ0v) is 16.7. The first-order chi connectivity index (χ1) is 15.2. The van der Waals surface area contributed by atoms with Crippen LogP contribution in [0.2, 0.25) is 0 Å². The molecule has 1 heterocycles. The summed E-state index contributed by atoms with van der Waals surface area (Å²) in [5.41, 5.74) is 5.22. The quantitative estimate of drug-likeness (QED) is 0.286. The van der Waals surface area contributed by atoms with Gasteiger partial charge in [0.15, 0.2) is 5.57 Å². The Morgan fingerprint density at radius 1 is 0.903 bits per heavy atom. The number of aromatic nitrogens is 2. The third-order valence-electron chi connectivity index (χ3n) is 4.69. The van der Waals surface area contributed by atoms with Crippen LogP contribution in [0.4, 0.5) is 5.69 Å². The van der Waals surface area contributed by atoms with Gasteiger partial charge in [-0.25, -0.2) is 14.8 Å². The lowest BCUT2D eigenvalue weighted by atomic mass is 10.0. The van der Waals surface area contributed by atoms with Crippen LogP contribution >= 0.6 is 0 Å². The maximum absolute atomic E-state index is 11.7. The molecule has 4 aromatic rings. The summed E-state index contributed by atoms with van der Waals surface area (Å²) in [6.07, 6.45) is 1.32. The van der Waals surface area contributed by atoms with E-state index in [1.54, 1.807) is 0 Å². The minimum atomic E-state index is -0.711. The molecule has 1 aromatic heterocycles. The maximum atomic E-state index is 11.7. The lowest BCUT2D eigenvalue weighted by molar-refractivity contribution is -0.135. The van der Waals surface area contributed by atoms with Crippen molar-refractivity contribution in [3.8, 4) is 28.6 Å². The normalized spacial score (nSPS) is 11.0. The second-order valence-electron chi connectivity index (χ2n) is 6.63. The van der Waals surface area contributed by atoms with Gasteiger partial charge < -0.3 is 10.1 Å². The standard InChI is InChI=1S/C25H18N4O2/c1-31-25(30)19(15-26)16-27-20-13-8-14-21-24(20)29-23(18-11-6-3-7-12-18)22(28-21)17-9-4-2-5-10-17/h2-14,16,27H,1H3/b19-16+. The number of hydrogen-bond donors (Lipinski definition) is 1. The van der Waals surface area contributed by atoms with Gasteiger partial charge in [-0.2, -0.15) is 5.26 Å². The number of nitrogens with zero attached hydrogens (tertiary/aromatic N) is 3. The molecule has 0 aliphatic carbocycles. The van der Waals surface area contributed by atoms with Gasteiger partial charge in [-0.05, 0) is 12.1 Å². The van der Waals surface area contributed by atoms with E-state index in [-0.39, 0.29) is 5.57 Å². The summed E-state index contributed by atoms with van der Waals surface area (Å²) >= 11 is 0. The molecule has 0 amide bonds. The van der Waals surface area contributed by atoms with Gasteiger partial charge in [0.25, 0.3) is 0 Å². The largest absolute Gasteiger partial charge is 0.465 e. The van der Waals surface area contributed by atoms with Crippen molar-refractivity contribution in [3.63, 3.8) is 0 Å². The minimum absolute atomic E-state index is 0.142. The van der Waals surface area contributed by atoms with Crippen molar-refractivity contribution in [1.82, 2.24) is 9.97 Å². The minimum Gasteiger partial charge on any atom is -0.465 e. The lowest BCUT2D eigenvalue weighted by Gasteiger charge is -2.13. The third-order valence-corrected chi connectivity index (χ3v) is 4.69. The topological polar surface area (TPSA) is 87.9 Å². The van der Waals surface area contributed by atoms with E-state index in [9.17, 15) is 10.1 Å². The summed E-state index contributed by atoms with van der Waals surface area (Å²) in [5.74, 6) is -0.711. The molecule has 150 valence electrons. The number of rotatable bonds is 5. The Morgan fingerprint density at radius 2 is 1.52 bits per heavy atom. The molecular formula is C25H18N4O2. The van der Waals surface area contributed by atoms with Crippen LogP contribution in [0.1, 0.15) is 0 Å². The Kier molecular flexibility index (Phi) is 5.68. The molecule has 0 unspecified atom stereocenters. The lowest BCUT2D eigenvalue weighted by Crippen LogP contribution is -2.05. The molecule has 1 N–H and O–H groups in total. The average molecular weight is 406 g/mol. The Labute approximate surface area is 179 Å². The van der Waals surface area contributed by atoms with Crippen molar-refractivity contribution in [2.45, 2.75) is 0 Å². The predicted octanol–water partition coefficient (Wildman–Crippen LogP) is 4.96. The number of carbonyl (C=O) groups is 1. The van der Waals surface area contributed by atoms with Crippen LogP contribution in [0.25, 0.3) is 33.5 Å². The molecule has 0 spiro atoms. The number of anilines is 1. The van der Waals surface area contributed by atoms with Crippen molar-refractivity contribution >= 4 is 22.7 Å². The third kappa shape index (κ3) is 4.11. The second kappa shape index (κ2) is 8.89. The summed E-state index contributed by atoms with van der Waals surface area (Å²) in [5, 5.41) is 12.2. The number of nitrogens with one attached hydrogen (secondary N) is 1. The van der Waals surface area contributed by atoms with Crippen LogP contribution in [-0.4, -0.2) is 23.0 Å². The number of hydrogen-bond acceptors (Lipinski definition) is 6. The van der Waals surface area contributed by atoms with Gasteiger partial charge in [-0.1, -0.05) is 66.7 Å². The van der Waals surface area contributed by atoms with Crippen LogP contribution in [-0.2, 0) is 9.53 Å². The summed E-state index contributed by atoms with van der Waals surface area (Å²) < 4.78 is 4.62. The first-order valence-corrected chi connectivity index (χ1v) is 9.58. The highest BCUT2D eigenvalue weighted by molar-refractivity contribution is 5.95. The van der Waals surface area contributed by atoms with Gasteiger partial charge >= 0.3 is 5.97 Å². The number of fused-ring (bicyclic) bond motifs is 1. The molecule has 0 aliphatic rings. The molecule has 0 atom stereocenters. The van der Waals surface area contributed by atoms with Crippen molar-refractivity contribution in [1.29, 1.82) is 5.26 Å². The number of methoxy groups -OCH3 is 1. The highest BCUT2D eigenvalue weighted by atomic mass is 16.5. The summed E-state index contributed by atoms with van der Waals surface area (Å²) in [7, 11) is 1.23. The van der Waals surface area contributed by atoms with E-state index in [1.807, 2.05) is 84.9 Å². The Bertz CT molecular complexity index is 1310. The molecule has 31 heavy (non-hydrogen) atoms. The molecule has 6 heteroatoms. The van der Waals surface area contributed by atoms with E-state index in [1.165, 1.54) is 13.3 Å². The molecule has 6 nitrogen and oxygen atoms in total. The molecule has 0 bridgehead atoms. The molecule has 4 rings (SSSR count). The van der Waals surface area contributed by atoms with E-state index in [0.717, 1.165) is 22.5 Å².